The van der Waals surface area contributed by atoms with Gasteiger partial charge in [0.05, 0.1) is 33.1 Å². The Morgan fingerprint density at radius 3 is 2.43 bits per heavy atom. The fraction of sp³-hybridized carbons (Fsp3) is 0.389. The number of anilines is 3. The highest BCUT2D eigenvalue weighted by atomic mass is 35.5. The van der Waals surface area contributed by atoms with Gasteiger partial charge < -0.3 is 16.0 Å². The first-order valence-electron chi connectivity index (χ1n) is 8.68. The molecule has 0 saturated carbocycles. The van der Waals surface area contributed by atoms with Crippen molar-refractivity contribution < 1.29 is 13.2 Å². The molecule has 0 radical (unpaired) electrons. The van der Waals surface area contributed by atoms with Gasteiger partial charge in [-0.15, -0.1) is 0 Å². The molecular weight excluding hydrogens is 414 g/mol. The van der Waals surface area contributed by atoms with Crippen molar-refractivity contribution in [3.05, 3.63) is 46.1 Å². The highest BCUT2D eigenvalue weighted by Gasteiger charge is 2.31. The van der Waals surface area contributed by atoms with Crippen molar-refractivity contribution in [3.8, 4) is 0 Å². The van der Waals surface area contributed by atoms with E-state index in [1.54, 1.807) is 12.3 Å². The molecule has 3 rings (SSSR count). The lowest BCUT2D eigenvalue weighted by atomic mass is 10.1. The molecule has 0 aliphatic carbocycles. The van der Waals surface area contributed by atoms with Crippen LogP contribution in [0.5, 0.6) is 0 Å². The second kappa shape index (κ2) is 8.23. The van der Waals surface area contributed by atoms with Crippen LogP contribution >= 0.6 is 23.2 Å². The van der Waals surface area contributed by atoms with Crippen LogP contribution in [0.25, 0.3) is 0 Å². The molecule has 1 fully saturated rings. The molecular formula is C18H20Cl2F3N5. The number of alkyl halides is 3. The Kier molecular flexibility index (Phi) is 6.12. The second-order valence-corrected chi connectivity index (χ2v) is 7.45. The van der Waals surface area contributed by atoms with Crippen molar-refractivity contribution in [1.29, 1.82) is 0 Å². The van der Waals surface area contributed by atoms with Crippen molar-refractivity contribution in [1.82, 2.24) is 9.88 Å². The predicted octanol–water partition coefficient (Wildman–Crippen LogP) is 4.57. The molecule has 1 aliphatic rings. The number of nitrogens with two attached hydrogens (primary N) is 1. The number of halogens is 5. The minimum atomic E-state index is -4.41. The summed E-state index contributed by atoms with van der Waals surface area (Å²) in [5, 5.41) is 4.05. The van der Waals surface area contributed by atoms with Gasteiger partial charge in [0.1, 0.15) is 5.82 Å². The summed E-state index contributed by atoms with van der Waals surface area (Å²) in [6.07, 6.45) is -3.05. The van der Waals surface area contributed by atoms with E-state index in [4.69, 9.17) is 28.9 Å². The van der Waals surface area contributed by atoms with Crippen molar-refractivity contribution >= 4 is 40.4 Å². The summed E-state index contributed by atoms with van der Waals surface area (Å²) in [6, 6.07) is 4.94. The maximum atomic E-state index is 12.9. The summed E-state index contributed by atoms with van der Waals surface area (Å²) in [6.45, 7) is 4.63. The average molecular weight is 434 g/mol. The predicted molar refractivity (Wildman–Crippen MR) is 107 cm³/mol. The quantitative estimate of drug-likeness (QED) is 0.691. The zero-order valence-corrected chi connectivity index (χ0v) is 16.6. The summed E-state index contributed by atoms with van der Waals surface area (Å²) in [5.74, 6) is 0.674. The lowest BCUT2D eigenvalue weighted by Crippen LogP contribution is -2.52. The number of nitrogens with one attached hydrogen (secondary N) is 1. The Balaban J connectivity index is 1.63. The molecule has 0 amide bonds. The maximum absolute atomic E-state index is 12.9. The monoisotopic (exact) mass is 433 g/mol. The molecule has 2 aromatic rings. The van der Waals surface area contributed by atoms with E-state index in [0.717, 1.165) is 12.1 Å². The summed E-state index contributed by atoms with van der Waals surface area (Å²) >= 11 is 12.1. The molecule has 28 heavy (non-hydrogen) atoms. The first-order valence-corrected chi connectivity index (χ1v) is 9.44. The number of piperazine rings is 1. The van der Waals surface area contributed by atoms with Crippen LogP contribution in [0.2, 0.25) is 10.0 Å². The first-order chi connectivity index (χ1) is 13.1. The van der Waals surface area contributed by atoms with E-state index in [-0.39, 0.29) is 17.5 Å². The van der Waals surface area contributed by atoms with E-state index in [2.05, 4.69) is 20.1 Å². The molecule has 1 saturated heterocycles. The largest absolute Gasteiger partial charge is 0.416 e. The van der Waals surface area contributed by atoms with Gasteiger partial charge in [0.15, 0.2) is 0 Å². The van der Waals surface area contributed by atoms with E-state index in [1.807, 2.05) is 6.92 Å². The van der Waals surface area contributed by atoms with Crippen LogP contribution in [0.15, 0.2) is 30.5 Å². The highest BCUT2D eigenvalue weighted by molar-refractivity contribution is 6.36. The fourth-order valence-electron chi connectivity index (χ4n) is 3.14. The SMILES string of the molecule is CC(Nc1cc(C(F)(F)F)ccc1N)N1CCN(c2ncc(Cl)cc2Cl)CC1. The number of hydrogen-bond donors (Lipinski definition) is 2. The molecule has 1 aliphatic heterocycles. The van der Waals surface area contributed by atoms with Gasteiger partial charge in [0.2, 0.25) is 0 Å². The van der Waals surface area contributed by atoms with Crippen LogP contribution in [0.4, 0.5) is 30.4 Å². The summed E-state index contributed by atoms with van der Waals surface area (Å²) < 4.78 is 38.8. The molecule has 152 valence electrons. The van der Waals surface area contributed by atoms with Crippen molar-refractivity contribution in [2.24, 2.45) is 0 Å². The Morgan fingerprint density at radius 2 is 1.82 bits per heavy atom. The average Bonchev–Trinajstić information content (AvgIpc) is 2.63. The highest BCUT2D eigenvalue weighted by Crippen LogP contribution is 2.33. The lowest BCUT2D eigenvalue weighted by molar-refractivity contribution is -0.137. The number of rotatable bonds is 4. The Morgan fingerprint density at radius 1 is 1.14 bits per heavy atom. The van der Waals surface area contributed by atoms with Gasteiger partial charge in [-0.25, -0.2) is 4.98 Å². The molecule has 5 nitrogen and oxygen atoms in total. The van der Waals surface area contributed by atoms with Crippen LogP contribution in [0, 0.1) is 0 Å². The number of hydrogen-bond acceptors (Lipinski definition) is 5. The number of aromatic nitrogens is 1. The van der Waals surface area contributed by atoms with Gasteiger partial charge in [-0.3, -0.25) is 4.90 Å². The smallest absolute Gasteiger partial charge is 0.397 e. The van der Waals surface area contributed by atoms with E-state index in [1.165, 1.54) is 6.07 Å². The van der Waals surface area contributed by atoms with Crippen LogP contribution < -0.4 is 16.0 Å². The third kappa shape index (κ3) is 4.74. The third-order valence-corrected chi connectivity index (χ3v) is 5.18. The van der Waals surface area contributed by atoms with Gasteiger partial charge in [-0.05, 0) is 31.2 Å². The molecule has 0 spiro atoms. The van der Waals surface area contributed by atoms with Crippen LogP contribution in [0.1, 0.15) is 12.5 Å². The van der Waals surface area contributed by atoms with Gasteiger partial charge >= 0.3 is 6.18 Å². The maximum Gasteiger partial charge on any atom is 0.416 e. The van der Waals surface area contributed by atoms with E-state index < -0.39 is 11.7 Å². The van der Waals surface area contributed by atoms with Gasteiger partial charge in [-0.1, -0.05) is 23.2 Å². The van der Waals surface area contributed by atoms with Gasteiger partial charge in [-0.2, -0.15) is 13.2 Å². The normalized spacial score (nSPS) is 16.9. The zero-order chi connectivity index (χ0) is 20.5. The molecule has 0 bridgehead atoms. The number of pyridine rings is 1. The molecule has 1 aromatic heterocycles. The number of nitrogens with zero attached hydrogens (tertiary/aromatic N) is 3. The number of benzene rings is 1. The van der Waals surface area contributed by atoms with Gasteiger partial charge in [0.25, 0.3) is 0 Å². The second-order valence-electron chi connectivity index (χ2n) is 6.60. The molecule has 10 heteroatoms. The Bertz CT molecular complexity index is 838. The fourth-order valence-corrected chi connectivity index (χ4v) is 3.63. The minimum Gasteiger partial charge on any atom is -0.397 e. The standard InChI is InChI=1S/C18H20Cl2F3N5/c1-11(26-16-8-12(18(21,22)23)2-3-15(16)24)27-4-6-28(7-5-27)17-14(20)9-13(19)10-25-17/h2-3,8-11,26H,4-7,24H2,1H3. The topological polar surface area (TPSA) is 57.4 Å². The molecule has 3 N–H and O–H groups in total. The van der Waals surface area contributed by atoms with E-state index in [0.29, 0.717) is 42.0 Å². The zero-order valence-electron chi connectivity index (χ0n) is 15.1. The van der Waals surface area contributed by atoms with Crippen molar-refractivity contribution in [2.45, 2.75) is 19.3 Å². The first kappa shape index (κ1) is 20.8. The molecule has 1 aromatic carbocycles. The Hall–Kier alpha value is -1.90. The van der Waals surface area contributed by atoms with Crippen molar-refractivity contribution in [3.63, 3.8) is 0 Å². The molecule has 1 atom stereocenters. The van der Waals surface area contributed by atoms with E-state index >= 15 is 0 Å². The number of nitrogen functional groups attached to an aromatic ring is 1. The summed E-state index contributed by atoms with van der Waals surface area (Å²) in [7, 11) is 0. The molecule has 2 heterocycles. The van der Waals surface area contributed by atoms with Gasteiger partial charge in [0, 0.05) is 32.4 Å². The third-order valence-electron chi connectivity index (χ3n) is 4.69. The Labute approximate surface area is 171 Å². The lowest BCUT2D eigenvalue weighted by Gasteiger charge is -2.39. The van der Waals surface area contributed by atoms with Crippen molar-refractivity contribution in [2.75, 3.05) is 42.1 Å². The summed E-state index contributed by atoms with van der Waals surface area (Å²) in [4.78, 5) is 8.47. The molecule has 1 unspecified atom stereocenters. The summed E-state index contributed by atoms with van der Waals surface area (Å²) in [5.41, 5.74) is 5.66. The van der Waals surface area contributed by atoms with E-state index in [9.17, 15) is 13.2 Å². The van der Waals surface area contributed by atoms with Crippen LogP contribution in [-0.2, 0) is 6.18 Å². The minimum absolute atomic E-state index is 0.193. The van der Waals surface area contributed by atoms with Crippen LogP contribution in [0.3, 0.4) is 0 Å². The van der Waals surface area contributed by atoms with Crippen LogP contribution in [-0.4, -0.2) is 42.2 Å².